The number of rotatable bonds is 1. The van der Waals surface area contributed by atoms with Crippen molar-refractivity contribution in [2.24, 2.45) is 0 Å². The summed E-state index contributed by atoms with van der Waals surface area (Å²) >= 11 is 0. The van der Waals surface area contributed by atoms with Crippen molar-refractivity contribution in [3.63, 3.8) is 0 Å². The molecule has 2 heteroatoms. The Balaban J connectivity index is 2.31. The van der Waals surface area contributed by atoms with E-state index in [1.165, 1.54) is 5.56 Å². The maximum atomic E-state index is 4.40. The van der Waals surface area contributed by atoms with Crippen LogP contribution in [0.1, 0.15) is 5.56 Å². The molecule has 0 unspecified atom stereocenters. The average molecular weight is 220 g/mol. The highest BCUT2D eigenvalue weighted by molar-refractivity contribution is 5.92. The molecule has 0 atom stereocenters. The molecule has 17 heavy (non-hydrogen) atoms. The van der Waals surface area contributed by atoms with Gasteiger partial charge in [0.15, 0.2) is 0 Å². The highest BCUT2D eigenvalue weighted by atomic mass is 14.8. The van der Waals surface area contributed by atoms with E-state index in [1.807, 2.05) is 18.2 Å². The van der Waals surface area contributed by atoms with E-state index in [4.69, 9.17) is 0 Å². The van der Waals surface area contributed by atoms with Gasteiger partial charge in [0, 0.05) is 10.9 Å². The molecule has 3 rings (SSSR count). The molecule has 2 nitrogen and oxygen atoms in total. The smallest absolute Gasteiger partial charge is 0.116 e. The van der Waals surface area contributed by atoms with Crippen molar-refractivity contribution >= 4 is 10.9 Å². The molecule has 0 aliphatic rings. The number of aryl methyl sites for hydroxylation is 1. The number of aromatic nitrogens is 2. The topological polar surface area (TPSA) is 25.8 Å². The Bertz CT molecular complexity index is 660. The first kappa shape index (κ1) is 9.97. The molecule has 0 saturated heterocycles. The van der Waals surface area contributed by atoms with Gasteiger partial charge in [-0.05, 0) is 18.6 Å². The summed E-state index contributed by atoms with van der Waals surface area (Å²) in [4.78, 5) is 8.71. The monoisotopic (exact) mass is 220 g/mol. The number of fused-ring (bicyclic) bond motifs is 1. The molecule has 0 aliphatic heterocycles. The zero-order valence-electron chi connectivity index (χ0n) is 9.59. The van der Waals surface area contributed by atoms with Crippen LogP contribution in [0, 0.1) is 6.92 Å². The summed E-state index contributed by atoms with van der Waals surface area (Å²) < 4.78 is 0. The van der Waals surface area contributed by atoms with Crippen molar-refractivity contribution in [3.8, 4) is 11.3 Å². The van der Waals surface area contributed by atoms with Gasteiger partial charge in [0.2, 0.25) is 0 Å². The van der Waals surface area contributed by atoms with Gasteiger partial charge in [-0.25, -0.2) is 9.97 Å². The first-order chi connectivity index (χ1) is 8.34. The third kappa shape index (κ3) is 1.78. The highest BCUT2D eigenvalue weighted by Crippen LogP contribution is 2.25. The van der Waals surface area contributed by atoms with Crippen LogP contribution in [0.25, 0.3) is 22.2 Å². The molecule has 0 spiro atoms. The molecule has 0 saturated carbocycles. The van der Waals surface area contributed by atoms with Crippen molar-refractivity contribution in [2.45, 2.75) is 6.92 Å². The predicted octanol–water partition coefficient (Wildman–Crippen LogP) is 3.61. The molecule has 1 heterocycles. The van der Waals surface area contributed by atoms with Crippen LogP contribution in [0.2, 0.25) is 0 Å². The SMILES string of the molecule is Cc1ccc2c(-c3ccccc3)ncnc2c1. The van der Waals surface area contributed by atoms with Crippen molar-refractivity contribution < 1.29 is 0 Å². The molecule has 0 bridgehead atoms. The lowest BCUT2D eigenvalue weighted by molar-refractivity contribution is 1.22. The fourth-order valence-corrected chi connectivity index (χ4v) is 1.99. The van der Waals surface area contributed by atoms with Crippen LogP contribution in [-0.4, -0.2) is 9.97 Å². The van der Waals surface area contributed by atoms with Crippen LogP contribution >= 0.6 is 0 Å². The molecule has 1 aromatic heterocycles. The van der Waals surface area contributed by atoms with Gasteiger partial charge in [-0.15, -0.1) is 0 Å². The first-order valence-corrected chi connectivity index (χ1v) is 5.61. The lowest BCUT2D eigenvalue weighted by atomic mass is 10.1. The van der Waals surface area contributed by atoms with Gasteiger partial charge >= 0.3 is 0 Å². The van der Waals surface area contributed by atoms with Crippen LogP contribution in [-0.2, 0) is 0 Å². The molecular formula is C15H12N2. The molecule has 0 N–H and O–H groups in total. The third-order valence-electron chi connectivity index (χ3n) is 2.84. The quantitative estimate of drug-likeness (QED) is 0.626. The van der Waals surface area contributed by atoms with Crippen LogP contribution in [0.4, 0.5) is 0 Å². The molecule has 2 aromatic carbocycles. The number of hydrogen-bond donors (Lipinski definition) is 0. The Hall–Kier alpha value is -2.22. The lowest BCUT2D eigenvalue weighted by Gasteiger charge is -2.05. The molecule has 0 aliphatic carbocycles. The maximum absolute atomic E-state index is 4.40. The first-order valence-electron chi connectivity index (χ1n) is 5.61. The summed E-state index contributed by atoms with van der Waals surface area (Å²) in [7, 11) is 0. The van der Waals surface area contributed by atoms with Gasteiger partial charge in [0.25, 0.3) is 0 Å². The molecule has 82 valence electrons. The van der Waals surface area contributed by atoms with Gasteiger partial charge in [-0.2, -0.15) is 0 Å². The van der Waals surface area contributed by atoms with Crippen molar-refractivity contribution in [3.05, 3.63) is 60.4 Å². The molecule has 3 aromatic rings. The summed E-state index contributed by atoms with van der Waals surface area (Å²) in [5.74, 6) is 0. The Kier molecular flexibility index (Phi) is 2.33. The van der Waals surface area contributed by atoms with Gasteiger partial charge in [0.1, 0.15) is 6.33 Å². The standard InChI is InChI=1S/C15H12N2/c1-11-7-8-13-14(9-11)16-10-17-15(13)12-5-3-2-4-6-12/h2-10H,1H3. The fourth-order valence-electron chi connectivity index (χ4n) is 1.99. The van der Waals surface area contributed by atoms with Crippen molar-refractivity contribution in [2.75, 3.05) is 0 Å². The van der Waals surface area contributed by atoms with Crippen LogP contribution in [0.5, 0.6) is 0 Å². The summed E-state index contributed by atoms with van der Waals surface area (Å²) in [5, 5.41) is 1.10. The lowest BCUT2D eigenvalue weighted by Crippen LogP contribution is -1.89. The minimum absolute atomic E-state index is 0.996. The zero-order chi connectivity index (χ0) is 11.7. The van der Waals surface area contributed by atoms with E-state index in [0.717, 1.165) is 22.2 Å². The fraction of sp³-hybridized carbons (Fsp3) is 0.0667. The summed E-state index contributed by atoms with van der Waals surface area (Å²) in [6, 6.07) is 16.5. The second-order valence-electron chi connectivity index (χ2n) is 4.11. The summed E-state index contributed by atoms with van der Waals surface area (Å²) in [5.41, 5.74) is 4.34. The van der Waals surface area contributed by atoms with Gasteiger partial charge in [0.05, 0.1) is 11.2 Å². The molecule has 0 radical (unpaired) electrons. The van der Waals surface area contributed by atoms with Gasteiger partial charge < -0.3 is 0 Å². The summed E-state index contributed by atoms with van der Waals surface area (Å²) in [6.45, 7) is 2.07. The average Bonchev–Trinajstić information content (AvgIpc) is 2.39. The Morgan fingerprint density at radius 3 is 2.53 bits per heavy atom. The number of hydrogen-bond acceptors (Lipinski definition) is 2. The zero-order valence-corrected chi connectivity index (χ0v) is 9.59. The van der Waals surface area contributed by atoms with E-state index >= 15 is 0 Å². The van der Waals surface area contributed by atoms with E-state index in [0.29, 0.717) is 0 Å². The number of nitrogens with zero attached hydrogens (tertiary/aromatic N) is 2. The van der Waals surface area contributed by atoms with Gasteiger partial charge in [-0.1, -0.05) is 42.5 Å². The van der Waals surface area contributed by atoms with Crippen LogP contribution in [0.3, 0.4) is 0 Å². The van der Waals surface area contributed by atoms with Crippen LogP contribution < -0.4 is 0 Å². The molecule has 0 amide bonds. The van der Waals surface area contributed by atoms with E-state index < -0.39 is 0 Å². The molecular weight excluding hydrogens is 208 g/mol. The maximum Gasteiger partial charge on any atom is 0.116 e. The minimum Gasteiger partial charge on any atom is -0.236 e. The third-order valence-corrected chi connectivity index (χ3v) is 2.84. The Morgan fingerprint density at radius 2 is 1.71 bits per heavy atom. The summed E-state index contributed by atoms with van der Waals surface area (Å²) in [6.07, 6.45) is 1.63. The Labute approximate surface area is 100.0 Å². The van der Waals surface area contributed by atoms with Gasteiger partial charge in [-0.3, -0.25) is 0 Å². The van der Waals surface area contributed by atoms with E-state index in [2.05, 4.69) is 47.2 Å². The van der Waals surface area contributed by atoms with Crippen molar-refractivity contribution in [1.82, 2.24) is 9.97 Å². The largest absolute Gasteiger partial charge is 0.236 e. The predicted molar refractivity (Wildman–Crippen MR) is 69.7 cm³/mol. The number of benzene rings is 2. The Morgan fingerprint density at radius 1 is 0.882 bits per heavy atom. The van der Waals surface area contributed by atoms with E-state index in [1.54, 1.807) is 6.33 Å². The highest BCUT2D eigenvalue weighted by Gasteiger charge is 2.05. The molecule has 0 fully saturated rings. The van der Waals surface area contributed by atoms with E-state index in [9.17, 15) is 0 Å². The van der Waals surface area contributed by atoms with Crippen LogP contribution in [0.15, 0.2) is 54.9 Å². The second kappa shape index (κ2) is 3.98. The minimum atomic E-state index is 0.996. The van der Waals surface area contributed by atoms with E-state index in [-0.39, 0.29) is 0 Å². The second-order valence-corrected chi connectivity index (χ2v) is 4.11. The normalized spacial score (nSPS) is 10.6. The van der Waals surface area contributed by atoms with Crippen molar-refractivity contribution in [1.29, 1.82) is 0 Å².